The van der Waals surface area contributed by atoms with Crippen molar-refractivity contribution in [1.82, 2.24) is 5.32 Å². The van der Waals surface area contributed by atoms with Crippen LogP contribution in [0.15, 0.2) is 0 Å². The Morgan fingerprint density at radius 3 is 2.47 bits per heavy atom. The van der Waals surface area contributed by atoms with Gasteiger partial charge in [-0.25, -0.2) is 0 Å². The lowest BCUT2D eigenvalue weighted by atomic mass is 9.89. The summed E-state index contributed by atoms with van der Waals surface area (Å²) in [6.45, 7) is 7.13. The fourth-order valence-electron chi connectivity index (χ4n) is 2.28. The summed E-state index contributed by atoms with van der Waals surface area (Å²) in [4.78, 5) is 11.4. The van der Waals surface area contributed by atoms with E-state index >= 15 is 0 Å². The van der Waals surface area contributed by atoms with Gasteiger partial charge in [0.2, 0.25) is 5.91 Å². The van der Waals surface area contributed by atoms with Crippen LogP contribution in [0.2, 0.25) is 0 Å². The molecule has 1 aliphatic carbocycles. The van der Waals surface area contributed by atoms with Crippen LogP contribution in [0.4, 0.5) is 0 Å². The van der Waals surface area contributed by atoms with Crippen molar-refractivity contribution in [2.24, 2.45) is 11.7 Å². The second kappa shape index (κ2) is 6.36. The second-order valence-corrected chi connectivity index (χ2v) is 5.42. The van der Waals surface area contributed by atoms with Crippen LogP contribution >= 0.6 is 0 Å². The molecule has 1 unspecified atom stereocenters. The monoisotopic (exact) mass is 242 g/mol. The standard InChI is InChI=1S/C13H26N2O2/c1-4-15-13(3,12(14)16)9-17-11-7-5-10(2)6-8-11/h10-11,15H,4-9H2,1-3H3,(H2,14,16). The topological polar surface area (TPSA) is 64.3 Å². The Labute approximate surface area is 104 Å². The summed E-state index contributed by atoms with van der Waals surface area (Å²) >= 11 is 0. The minimum atomic E-state index is -0.738. The van der Waals surface area contributed by atoms with Gasteiger partial charge in [-0.2, -0.15) is 0 Å². The van der Waals surface area contributed by atoms with E-state index in [0.29, 0.717) is 19.3 Å². The number of likely N-dealkylation sites (N-methyl/N-ethyl adjacent to an activating group) is 1. The number of amides is 1. The molecular weight excluding hydrogens is 216 g/mol. The molecule has 0 bridgehead atoms. The van der Waals surface area contributed by atoms with E-state index < -0.39 is 5.54 Å². The Hall–Kier alpha value is -0.610. The SMILES string of the molecule is CCNC(C)(COC1CCC(C)CC1)C(N)=O. The largest absolute Gasteiger partial charge is 0.376 e. The molecule has 0 aliphatic heterocycles. The molecule has 1 atom stereocenters. The van der Waals surface area contributed by atoms with Gasteiger partial charge >= 0.3 is 0 Å². The van der Waals surface area contributed by atoms with E-state index in [0.717, 1.165) is 18.8 Å². The van der Waals surface area contributed by atoms with Crippen molar-refractivity contribution in [2.45, 2.75) is 58.1 Å². The highest BCUT2D eigenvalue weighted by Gasteiger charge is 2.32. The van der Waals surface area contributed by atoms with E-state index in [-0.39, 0.29) is 5.91 Å². The normalized spacial score (nSPS) is 28.6. The van der Waals surface area contributed by atoms with Crippen LogP contribution in [-0.2, 0) is 9.53 Å². The van der Waals surface area contributed by atoms with E-state index in [2.05, 4.69) is 12.2 Å². The average molecular weight is 242 g/mol. The van der Waals surface area contributed by atoms with Gasteiger partial charge in [-0.05, 0) is 45.1 Å². The molecule has 100 valence electrons. The maximum absolute atomic E-state index is 11.4. The summed E-state index contributed by atoms with van der Waals surface area (Å²) in [5.41, 5.74) is 4.67. The van der Waals surface area contributed by atoms with Crippen molar-refractivity contribution < 1.29 is 9.53 Å². The zero-order chi connectivity index (χ0) is 12.9. The zero-order valence-corrected chi connectivity index (χ0v) is 11.3. The van der Waals surface area contributed by atoms with Gasteiger partial charge in [0.1, 0.15) is 5.54 Å². The molecule has 1 amide bonds. The van der Waals surface area contributed by atoms with Gasteiger partial charge in [0.15, 0.2) is 0 Å². The van der Waals surface area contributed by atoms with Crippen LogP contribution < -0.4 is 11.1 Å². The van der Waals surface area contributed by atoms with Crippen LogP contribution in [0.25, 0.3) is 0 Å². The summed E-state index contributed by atoms with van der Waals surface area (Å²) in [5, 5.41) is 3.11. The Bertz CT molecular complexity index is 250. The molecular formula is C13H26N2O2. The first-order valence-corrected chi connectivity index (χ1v) is 6.64. The Morgan fingerprint density at radius 2 is 2.00 bits per heavy atom. The van der Waals surface area contributed by atoms with Gasteiger partial charge in [-0.3, -0.25) is 4.79 Å². The number of nitrogens with one attached hydrogen (secondary N) is 1. The lowest BCUT2D eigenvalue weighted by Crippen LogP contribution is -2.56. The molecule has 4 heteroatoms. The van der Waals surface area contributed by atoms with E-state index in [1.165, 1.54) is 12.8 Å². The van der Waals surface area contributed by atoms with Crippen LogP contribution in [0, 0.1) is 5.92 Å². The predicted molar refractivity (Wildman–Crippen MR) is 68.6 cm³/mol. The van der Waals surface area contributed by atoms with Crippen LogP contribution in [0.3, 0.4) is 0 Å². The first-order chi connectivity index (χ1) is 7.98. The lowest BCUT2D eigenvalue weighted by Gasteiger charge is -2.32. The molecule has 1 fully saturated rings. The van der Waals surface area contributed by atoms with Crippen LogP contribution in [0.5, 0.6) is 0 Å². The first kappa shape index (κ1) is 14.5. The van der Waals surface area contributed by atoms with Crippen molar-refractivity contribution >= 4 is 5.91 Å². The number of carbonyl (C=O) groups excluding carboxylic acids is 1. The molecule has 0 aromatic carbocycles. The quantitative estimate of drug-likeness (QED) is 0.740. The smallest absolute Gasteiger partial charge is 0.239 e. The molecule has 1 rings (SSSR count). The lowest BCUT2D eigenvalue weighted by molar-refractivity contribution is -0.127. The van der Waals surface area contributed by atoms with Gasteiger partial charge in [0.05, 0.1) is 12.7 Å². The van der Waals surface area contributed by atoms with Crippen molar-refractivity contribution in [3.63, 3.8) is 0 Å². The van der Waals surface area contributed by atoms with E-state index in [1.54, 1.807) is 0 Å². The molecule has 0 aromatic heterocycles. The highest BCUT2D eigenvalue weighted by Crippen LogP contribution is 2.26. The minimum Gasteiger partial charge on any atom is -0.376 e. The fraction of sp³-hybridized carbons (Fsp3) is 0.923. The van der Waals surface area contributed by atoms with Gasteiger partial charge in [0.25, 0.3) is 0 Å². The molecule has 0 aromatic rings. The summed E-state index contributed by atoms with van der Waals surface area (Å²) in [6, 6.07) is 0. The van der Waals surface area contributed by atoms with Crippen molar-refractivity contribution in [3.8, 4) is 0 Å². The van der Waals surface area contributed by atoms with Crippen LogP contribution in [-0.4, -0.2) is 30.7 Å². The van der Waals surface area contributed by atoms with Gasteiger partial charge in [-0.1, -0.05) is 13.8 Å². The second-order valence-electron chi connectivity index (χ2n) is 5.42. The number of primary amides is 1. The average Bonchev–Trinajstić information content (AvgIpc) is 2.28. The summed E-state index contributed by atoms with van der Waals surface area (Å²) in [7, 11) is 0. The summed E-state index contributed by atoms with van der Waals surface area (Å²) < 4.78 is 5.85. The maximum Gasteiger partial charge on any atom is 0.239 e. The molecule has 1 saturated carbocycles. The third-order valence-corrected chi connectivity index (χ3v) is 3.68. The molecule has 0 spiro atoms. The highest BCUT2D eigenvalue weighted by molar-refractivity contribution is 5.84. The Kier molecular flexibility index (Phi) is 5.40. The third-order valence-electron chi connectivity index (χ3n) is 3.68. The van der Waals surface area contributed by atoms with Crippen molar-refractivity contribution in [3.05, 3.63) is 0 Å². The number of ether oxygens (including phenoxy) is 1. The molecule has 0 heterocycles. The third kappa shape index (κ3) is 4.28. The zero-order valence-electron chi connectivity index (χ0n) is 11.3. The number of carbonyl (C=O) groups is 1. The Morgan fingerprint density at radius 1 is 1.41 bits per heavy atom. The summed E-state index contributed by atoms with van der Waals surface area (Å²) in [6.07, 6.45) is 4.94. The molecule has 4 nitrogen and oxygen atoms in total. The summed E-state index contributed by atoms with van der Waals surface area (Å²) in [5.74, 6) is 0.467. The number of nitrogens with two attached hydrogens (primary N) is 1. The van der Waals surface area contributed by atoms with Gasteiger partial charge in [-0.15, -0.1) is 0 Å². The Balaban J connectivity index is 2.39. The fourth-order valence-corrected chi connectivity index (χ4v) is 2.28. The number of hydrogen-bond donors (Lipinski definition) is 2. The minimum absolute atomic E-state index is 0.295. The van der Waals surface area contributed by atoms with E-state index in [1.807, 2.05) is 13.8 Å². The van der Waals surface area contributed by atoms with Gasteiger partial charge in [0, 0.05) is 0 Å². The molecule has 3 N–H and O–H groups in total. The van der Waals surface area contributed by atoms with Crippen LogP contribution in [0.1, 0.15) is 46.5 Å². The van der Waals surface area contributed by atoms with E-state index in [4.69, 9.17) is 10.5 Å². The molecule has 0 saturated heterocycles. The highest BCUT2D eigenvalue weighted by atomic mass is 16.5. The van der Waals surface area contributed by atoms with Crippen molar-refractivity contribution in [2.75, 3.05) is 13.2 Å². The van der Waals surface area contributed by atoms with Crippen molar-refractivity contribution in [1.29, 1.82) is 0 Å². The maximum atomic E-state index is 11.4. The molecule has 17 heavy (non-hydrogen) atoms. The number of hydrogen-bond acceptors (Lipinski definition) is 3. The van der Waals surface area contributed by atoms with E-state index in [9.17, 15) is 4.79 Å². The first-order valence-electron chi connectivity index (χ1n) is 6.64. The predicted octanol–water partition coefficient (Wildman–Crippen LogP) is 1.44. The molecule has 0 radical (unpaired) electrons. The molecule has 1 aliphatic rings. The number of rotatable bonds is 6. The van der Waals surface area contributed by atoms with Gasteiger partial charge < -0.3 is 15.8 Å².